The second-order valence-electron chi connectivity index (χ2n) is 7.83. The van der Waals surface area contributed by atoms with Crippen LogP contribution in [0, 0.1) is 5.92 Å². The highest BCUT2D eigenvalue weighted by molar-refractivity contribution is 6.07. The molecule has 1 aliphatic heterocycles. The molecule has 1 unspecified atom stereocenters. The summed E-state index contributed by atoms with van der Waals surface area (Å²) >= 11 is 0. The molecule has 1 aliphatic rings. The number of benzene rings is 2. The van der Waals surface area contributed by atoms with E-state index in [1.54, 1.807) is 15.8 Å². The van der Waals surface area contributed by atoms with E-state index >= 15 is 0 Å². The van der Waals surface area contributed by atoms with Gasteiger partial charge in [0.25, 0.3) is 5.91 Å². The molecule has 29 heavy (non-hydrogen) atoms. The Morgan fingerprint density at radius 1 is 1.17 bits per heavy atom. The van der Waals surface area contributed by atoms with Gasteiger partial charge in [-0.25, -0.2) is 0 Å². The zero-order chi connectivity index (χ0) is 20.4. The summed E-state index contributed by atoms with van der Waals surface area (Å²) in [5, 5.41) is 6.18. The van der Waals surface area contributed by atoms with Gasteiger partial charge in [-0.05, 0) is 29.7 Å². The van der Waals surface area contributed by atoms with E-state index in [1.807, 2.05) is 67.7 Å². The van der Waals surface area contributed by atoms with Gasteiger partial charge in [0.2, 0.25) is 5.91 Å². The molecule has 1 fully saturated rings. The molecule has 6 nitrogen and oxygen atoms in total. The first-order chi connectivity index (χ1) is 14.0. The van der Waals surface area contributed by atoms with E-state index in [0.29, 0.717) is 25.2 Å². The summed E-state index contributed by atoms with van der Waals surface area (Å²) in [4.78, 5) is 29.8. The van der Waals surface area contributed by atoms with E-state index in [1.165, 1.54) is 0 Å². The summed E-state index contributed by atoms with van der Waals surface area (Å²) < 4.78 is 1.73. The highest BCUT2D eigenvalue weighted by Gasteiger charge is 2.31. The summed E-state index contributed by atoms with van der Waals surface area (Å²) in [5.41, 5.74) is 1.71. The van der Waals surface area contributed by atoms with Gasteiger partial charge in [-0.3, -0.25) is 14.3 Å². The number of hydrogen-bond acceptors (Lipinski definition) is 3. The molecule has 2 aromatic carbocycles. The van der Waals surface area contributed by atoms with E-state index in [2.05, 4.69) is 5.10 Å². The first kappa shape index (κ1) is 19.2. The van der Waals surface area contributed by atoms with Gasteiger partial charge in [0.1, 0.15) is 0 Å². The number of aromatic nitrogens is 2. The van der Waals surface area contributed by atoms with Crippen molar-refractivity contribution in [1.82, 2.24) is 19.6 Å². The van der Waals surface area contributed by atoms with Crippen molar-refractivity contribution in [1.29, 1.82) is 0 Å². The Bertz CT molecular complexity index is 1040. The van der Waals surface area contributed by atoms with Crippen LogP contribution >= 0.6 is 0 Å². The predicted molar refractivity (Wildman–Crippen MR) is 112 cm³/mol. The van der Waals surface area contributed by atoms with Crippen molar-refractivity contribution in [2.24, 2.45) is 13.0 Å². The Balaban J connectivity index is 1.47. The third-order valence-corrected chi connectivity index (χ3v) is 5.63. The lowest BCUT2D eigenvalue weighted by Gasteiger charge is -2.34. The highest BCUT2D eigenvalue weighted by Crippen LogP contribution is 2.24. The Morgan fingerprint density at radius 3 is 2.76 bits per heavy atom. The highest BCUT2D eigenvalue weighted by atomic mass is 16.2. The molecule has 3 aromatic rings. The lowest BCUT2D eigenvalue weighted by Crippen LogP contribution is -2.45. The van der Waals surface area contributed by atoms with E-state index in [-0.39, 0.29) is 17.7 Å². The molecule has 150 valence electrons. The smallest absolute Gasteiger partial charge is 0.254 e. The molecular formula is C23H26N4O2. The van der Waals surface area contributed by atoms with Gasteiger partial charge in [-0.15, -0.1) is 0 Å². The van der Waals surface area contributed by atoms with Crippen molar-refractivity contribution in [3.8, 4) is 0 Å². The lowest BCUT2D eigenvalue weighted by atomic mass is 9.95. The standard InChI is InChI=1S/C23H26N4O2/c1-25(14-17-13-24-26(2)15-17)22(28)19-9-6-12-27(16-19)23(29)21-11-5-8-18-7-3-4-10-20(18)21/h3-5,7-8,10-11,13,15,19H,6,9,12,14,16H2,1-2H3. The molecule has 0 bridgehead atoms. The third kappa shape index (κ3) is 4.01. The summed E-state index contributed by atoms with van der Waals surface area (Å²) in [5.74, 6) is -0.0668. The number of carbonyl (C=O) groups excluding carboxylic acids is 2. The van der Waals surface area contributed by atoms with Crippen LogP contribution in [0.4, 0.5) is 0 Å². The third-order valence-electron chi connectivity index (χ3n) is 5.63. The Labute approximate surface area is 170 Å². The van der Waals surface area contributed by atoms with Crippen LogP contribution in [0.2, 0.25) is 0 Å². The predicted octanol–water partition coefficient (Wildman–Crippen LogP) is 3.08. The van der Waals surface area contributed by atoms with Crippen molar-refractivity contribution in [2.75, 3.05) is 20.1 Å². The number of likely N-dealkylation sites (tertiary alicyclic amines) is 1. The van der Waals surface area contributed by atoms with Gasteiger partial charge < -0.3 is 9.80 Å². The van der Waals surface area contributed by atoms with Gasteiger partial charge in [0, 0.05) is 51.1 Å². The molecule has 4 rings (SSSR count). The Kier molecular flexibility index (Phi) is 5.34. The first-order valence-corrected chi connectivity index (χ1v) is 10.0. The normalized spacial score (nSPS) is 16.8. The number of fused-ring (bicyclic) bond motifs is 1. The van der Waals surface area contributed by atoms with E-state index < -0.39 is 0 Å². The molecule has 0 aliphatic carbocycles. The molecule has 2 heterocycles. The van der Waals surface area contributed by atoms with E-state index in [9.17, 15) is 9.59 Å². The van der Waals surface area contributed by atoms with Crippen LogP contribution in [0.1, 0.15) is 28.8 Å². The number of carbonyl (C=O) groups is 2. The van der Waals surface area contributed by atoms with E-state index in [0.717, 1.165) is 29.2 Å². The van der Waals surface area contributed by atoms with Crippen LogP contribution in [0.3, 0.4) is 0 Å². The molecule has 6 heteroatoms. The van der Waals surface area contributed by atoms with Gasteiger partial charge >= 0.3 is 0 Å². The van der Waals surface area contributed by atoms with Crippen LogP contribution < -0.4 is 0 Å². The number of nitrogens with zero attached hydrogens (tertiary/aromatic N) is 4. The van der Waals surface area contributed by atoms with Crippen molar-refractivity contribution < 1.29 is 9.59 Å². The number of rotatable bonds is 4. The zero-order valence-corrected chi connectivity index (χ0v) is 16.9. The molecule has 0 radical (unpaired) electrons. The van der Waals surface area contributed by atoms with Crippen LogP contribution in [0.5, 0.6) is 0 Å². The molecular weight excluding hydrogens is 364 g/mol. The SMILES string of the molecule is CN(Cc1cnn(C)c1)C(=O)C1CCCN(C(=O)c2cccc3ccccc23)C1. The number of piperidine rings is 1. The number of amides is 2. The maximum Gasteiger partial charge on any atom is 0.254 e. The van der Waals surface area contributed by atoms with Crippen LogP contribution in [0.25, 0.3) is 10.8 Å². The fourth-order valence-electron chi connectivity index (χ4n) is 4.16. The van der Waals surface area contributed by atoms with Crippen molar-refractivity contribution >= 4 is 22.6 Å². The molecule has 1 atom stereocenters. The molecule has 1 aromatic heterocycles. The van der Waals surface area contributed by atoms with Crippen LogP contribution in [-0.2, 0) is 18.4 Å². The maximum atomic E-state index is 13.2. The average molecular weight is 390 g/mol. The monoisotopic (exact) mass is 390 g/mol. The number of aryl methyl sites for hydroxylation is 1. The summed E-state index contributed by atoms with van der Waals surface area (Å²) in [7, 11) is 3.68. The Morgan fingerprint density at radius 2 is 1.97 bits per heavy atom. The van der Waals surface area contributed by atoms with Gasteiger partial charge in [-0.1, -0.05) is 36.4 Å². The van der Waals surface area contributed by atoms with Gasteiger partial charge in [0.15, 0.2) is 0 Å². The van der Waals surface area contributed by atoms with E-state index in [4.69, 9.17) is 0 Å². The first-order valence-electron chi connectivity index (χ1n) is 10.0. The summed E-state index contributed by atoms with van der Waals surface area (Å²) in [6.45, 7) is 1.69. The fourth-order valence-corrected chi connectivity index (χ4v) is 4.16. The zero-order valence-electron chi connectivity index (χ0n) is 16.9. The molecule has 0 N–H and O–H groups in total. The minimum Gasteiger partial charge on any atom is -0.341 e. The van der Waals surface area contributed by atoms with Gasteiger partial charge in [0.05, 0.1) is 12.1 Å². The largest absolute Gasteiger partial charge is 0.341 e. The summed E-state index contributed by atoms with van der Waals surface area (Å²) in [6.07, 6.45) is 5.35. The fraction of sp³-hybridized carbons (Fsp3) is 0.348. The summed E-state index contributed by atoms with van der Waals surface area (Å²) in [6, 6.07) is 13.7. The second-order valence-corrected chi connectivity index (χ2v) is 7.83. The minimum atomic E-state index is -0.163. The molecule has 2 amide bonds. The number of hydrogen-bond donors (Lipinski definition) is 0. The quantitative estimate of drug-likeness (QED) is 0.688. The molecule has 0 spiro atoms. The second kappa shape index (κ2) is 8.07. The topological polar surface area (TPSA) is 58.4 Å². The van der Waals surface area contributed by atoms with Gasteiger partial charge in [-0.2, -0.15) is 5.10 Å². The minimum absolute atomic E-state index is 0.00853. The van der Waals surface area contributed by atoms with Crippen molar-refractivity contribution in [2.45, 2.75) is 19.4 Å². The van der Waals surface area contributed by atoms with Crippen LogP contribution in [-0.4, -0.2) is 51.5 Å². The van der Waals surface area contributed by atoms with Crippen molar-refractivity contribution in [3.05, 3.63) is 66.0 Å². The lowest BCUT2D eigenvalue weighted by molar-refractivity contribution is -0.136. The molecule has 0 saturated carbocycles. The van der Waals surface area contributed by atoms with Crippen molar-refractivity contribution in [3.63, 3.8) is 0 Å². The maximum absolute atomic E-state index is 13.2. The average Bonchev–Trinajstić information content (AvgIpc) is 3.16. The van der Waals surface area contributed by atoms with Crippen LogP contribution in [0.15, 0.2) is 54.9 Å². The Hall–Kier alpha value is -3.15. The molecule has 1 saturated heterocycles.